The van der Waals surface area contributed by atoms with E-state index >= 15 is 0 Å². The van der Waals surface area contributed by atoms with Crippen molar-refractivity contribution >= 4 is 22.7 Å². The Kier molecular flexibility index (Phi) is 4.78. The SMILES string of the molecule is O=C(CN1CCCC2(C1)CN(C(=O)Cc1c[nH]c3cnccc13)C2)NCC1CC1. The van der Waals surface area contributed by atoms with E-state index in [0.29, 0.717) is 18.9 Å². The zero-order valence-electron chi connectivity index (χ0n) is 16.8. The van der Waals surface area contributed by atoms with Crippen molar-refractivity contribution in [3.05, 3.63) is 30.2 Å². The van der Waals surface area contributed by atoms with Gasteiger partial charge in [-0.15, -0.1) is 0 Å². The van der Waals surface area contributed by atoms with Gasteiger partial charge in [0.05, 0.1) is 24.7 Å². The lowest BCUT2D eigenvalue weighted by Crippen LogP contribution is -2.65. The first-order chi connectivity index (χ1) is 14.1. The number of hydrogen-bond donors (Lipinski definition) is 2. The second kappa shape index (κ2) is 7.44. The van der Waals surface area contributed by atoms with Crippen LogP contribution in [-0.2, 0) is 16.0 Å². The summed E-state index contributed by atoms with van der Waals surface area (Å²) in [6.07, 6.45) is 10.7. The molecule has 0 radical (unpaired) electrons. The Morgan fingerprint density at radius 3 is 2.97 bits per heavy atom. The van der Waals surface area contributed by atoms with Gasteiger partial charge in [-0.2, -0.15) is 0 Å². The van der Waals surface area contributed by atoms with Gasteiger partial charge in [-0.3, -0.25) is 19.5 Å². The number of piperidine rings is 1. The lowest BCUT2D eigenvalue weighted by molar-refractivity contribution is -0.147. The molecule has 3 aliphatic rings. The number of nitrogens with one attached hydrogen (secondary N) is 2. The summed E-state index contributed by atoms with van der Waals surface area (Å²) in [6.45, 7) is 4.87. The van der Waals surface area contributed by atoms with Crippen LogP contribution >= 0.6 is 0 Å². The third-order valence-electron chi connectivity index (χ3n) is 6.71. The first-order valence-electron chi connectivity index (χ1n) is 10.8. The van der Waals surface area contributed by atoms with Crippen molar-refractivity contribution < 1.29 is 9.59 Å². The number of amides is 2. The van der Waals surface area contributed by atoms with Gasteiger partial charge < -0.3 is 15.2 Å². The van der Waals surface area contributed by atoms with Crippen LogP contribution < -0.4 is 5.32 Å². The molecule has 5 rings (SSSR count). The number of carbonyl (C=O) groups excluding carboxylic acids is 2. The van der Waals surface area contributed by atoms with Crippen molar-refractivity contribution in [3.8, 4) is 0 Å². The zero-order chi connectivity index (χ0) is 19.8. The third kappa shape index (κ3) is 4.01. The first-order valence-corrected chi connectivity index (χ1v) is 10.8. The number of aromatic amines is 1. The number of fused-ring (bicyclic) bond motifs is 1. The summed E-state index contributed by atoms with van der Waals surface area (Å²) in [6, 6.07) is 1.96. The highest BCUT2D eigenvalue weighted by atomic mass is 16.2. The lowest BCUT2D eigenvalue weighted by atomic mass is 9.73. The van der Waals surface area contributed by atoms with Gasteiger partial charge in [0.25, 0.3) is 0 Å². The van der Waals surface area contributed by atoms with Crippen LogP contribution in [0.4, 0.5) is 0 Å². The van der Waals surface area contributed by atoms with Crippen LogP contribution in [0.5, 0.6) is 0 Å². The van der Waals surface area contributed by atoms with Crippen LogP contribution in [0.1, 0.15) is 31.2 Å². The molecular formula is C22H29N5O2. The van der Waals surface area contributed by atoms with Gasteiger partial charge in [-0.1, -0.05) is 0 Å². The van der Waals surface area contributed by atoms with E-state index in [1.54, 1.807) is 12.4 Å². The van der Waals surface area contributed by atoms with Crippen LogP contribution in [0.2, 0.25) is 0 Å². The molecule has 29 heavy (non-hydrogen) atoms. The average Bonchev–Trinajstić information content (AvgIpc) is 3.45. The summed E-state index contributed by atoms with van der Waals surface area (Å²) < 4.78 is 0. The van der Waals surface area contributed by atoms with Crippen LogP contribution in [0.25, 0.3) is 10.9 Å². The number of H-pyrrole nitrogens is 1. The van der Waals surface area contributed by atoms with Gasteiger partial charge in [0.2, 0.25) is 11.8 Å². The molecule has 2 amide bonds. The minimum absolute atomic E-state index is 0.148. The molecule has 3 fully saturated rings. The number of aromatic nitrogens is 2. The number of likely N-dealkylation sites (tertiary alicyclic amines) is 2. The fraction of sp³-hybridized carbons (Fsp3) is 0.591. The maximum atomic E-state index is 12.8. The fourth-order valence-corrected chi connectivity index (χ4v) is 4.94. The molecule has 0 aromatic carbocycles. The standard InChI is InChI=1S/C22H29N5O2/c28-20(25-9-16-2-3-16)12-26-7-1-5-22(13-26)14-27(15-22)21(29)8-17-10-24-19-11-23-6-4-18(17)19/h4,6,10-11,16,24H,1-3,5,7-9,12-15H2,(H,25,28). The van der Waals surface area contributed by atoms with Crippen LogP contribution in [0.3, 0.4) is 0 Å². The molecule has 7 nitrogen and oxygen atoms in total. The largest absolute Gasteiger partial charge is 0.360 e. The topological polar surface area (TPSA) is 81.3 Å². The Morgan fingerprint density at radius 1 is 1.28 bits per heavy atom. The predicted octanol–water partition coefficient (Wildman–Crippen LogP) is 1.56. The zero-order valence-corrected chi connectivity index (χ0v) is 16.8. The van der Waals surface area contributed by atoms with E-state index in [1.165, 1.54) is 12.8 Å². The molecule has 0 unspecified atom stereocenters. The van der Waals surface area contributed by atoms with Gasteiger partial charge in [0, 0.05) is 49.4 Å². The molecule has 2 aliphatic heterocycles. The van der Waals surface area contributed by atoms with Crippen LogP contribution in [0, 0.1) is 11.3 Å². The van der Waals surface area contributed by atoms with E-state index in [9.17, 15) is 9.59 Å². The monoisotopic (exact) mass is 395 g/mol. The smallest absolute Gasteiger partial charge is 0.234 e. The second-order valence-electron chi connectivity index (χ2n) is 9.22. The quantitative estimate of drug-likeness (QED) is 0.778. The van der Waals surface area contributed by atoms with Crippen molar-refractivity contribution in [2.45, 2.75) is 32.1 Å². The van der Waals surface area contributed by atoms with E-state index in [2.05, 4.69) is 20.2 Å². The average molecular weight is 396 g/mol. The molecule has 7 heteroatoms. The highest BCUT2D eigenvalue weighted by molar-refractivity contribution is 5.88. The third-order valence-corrected chi connectivity index (χ3v) is 6.71. The van der Waals surface area contributed by atoms with Gasteiger partial charge in [0.1, 0.15) is 0 Å². The Hall–Kier alpha value is -2.41. The van der Waals surface area contributed by atoms with E-state index in [0.717, 1.165) is 62.0 Å². The summed E-state index contributed by atoms with van der Waals surface area (Å²) in [5, 5.41) is 4.14. The molecule has 2 aromatic heterocycles. The van der Waals surface area contributed by atoms with Gasteiger partial charge in [0.15, 0.2) is 0 Å². The van der Waals surface area contributed by atoms with Crippen molar-refractivity contribution in [2.75, 3.05) is 39.3 Å². The van der Waals surface area contributed by atoms with Gasteiger partial charge in [-0.05, 0) is 49.8 Å². The number of hydrogen-bond acceptors (Lipinski definition) is 4. The molecule has 154 valence electrons. The molecule has 1 spiro atoms. The molecule has 2 saturated heterocycles. The molecule has 4 heterocycles. The van der Waals surface area contributed by atoms with E-state index in [-0.39, 0.29) is 17.2 Å². The molecule has 1 aliphatic carbocycles. The summed E-state index contributed by atoms with van der Waals surface area (Å²) in [5.41, 5.74) is 2.18. The van der Waals surface area contributed by atoms with E-state index < -0.39 is 0 Å². The normalized spacial score (nSPS) is 21.3. The van der Waals surface area contributed by atoms with Crippen molar-refractivity contribution in [2.24, 2.45) is 11.3 Å². The maximum absolute atomic E-state index is 12.8. The summed E-state index contributed by atoms with van der Waals surface area (Å²) in [7, 11) is 0. The van der Waals surface area contributed by atoms with Crippen LogP contribution in [0.15, 0.2) is 24.7 Å². The molecule has 2 aromatic rings. The minimum atomic E-state index is 0.148. The lowest BCUT2D eigenvalue weighted by Gasteiger charge is -2.54. The van der Waals surface area contributed by atoms with Crippen molar-refractivity contribution in [1.82, 2.24) is 25.1 Å². The van der Waals surface area contributed by atoms with E-state index in [1.807, 2.05) is 17.2 Å². The van der Waals surface area contributed by atoms with Crippen LogP contribution in [-0.4, -0.2) is 70.9 Å². The minimum Gasteiger partial charge on any atom is -0.360 e. The highest BCUT2D eigenvalue weighted by Crippen LogP contribution is 2.39. The van der Waals surface area contributed by atoms with Gasteiger partial charge >= 0.3 is 0 Å². The second-order valence-corrected chi connectivity index (χ2v) is 9.22. The summed E-state index contributed by atoms with van der Waals surface area (Å²) >= 11 is 0. The Morgan fingerprint density at radius 2 is 2.14 bits per heavy atom. The van der Waals surface area contributed by atoms with E-state index in [4.69, 9.17) is 0 Å². The fourth-order valence-electron chi connectivity index (χ4n) is 4.94. The Labute approximate surface area is 170 Å². The molecule has 2 N–H and O–H groups in total. The molecule has 0 bridgehead atoms. The predicted molar refractivity (Wildman–Crippen MR) is 110 cm³/mol. The maximum Gasteiger partial charge on any atom is 0.234 e. The Balaban J connectivity index is 1.13. The Bertz CT molecular complexity index is 913. The highest BCUT2D eigenvalue weighted by Gasteiger charge is 2.47. The summed E-state index contributed by atoms with van der Waals surface area (Å²) in [5.74, 6) is 1.05. The molecule has 0 atom stereocenters. The number of rotatable bonds is 6. The number of pyridine rings is 1. The van der Waals surface area contributed by atoms with Crippen molar-refractivity contribution in [1.29, 1.82) is 0 Å². The summed E-state index contributed by atoms with van der Waals surface area (Å²) in [4.78, 5) is 36.6. The van der Waals surface area contributed by atoms with Crippen molar-refractivity contribution in [3.63, 3.8) is 0 Å². The first kappa shape index (κ1) is 18.6. The number of carbonyl (C=O) groups is 2. The molecule has 1 saturated carbocycles. The van der Waals surface area contributed by atoms with Gasteiger partial charge in [-0.25, -0.2) is 0 Å². The number of nitrogens with zero attached hydrogens (tertiary/aromatic N) is 3. The molecular weight excluding hydrogens is 366 g/mol.